The van der Waals surface area contributed by atoms with Crippen LogP contribution in [0, 0.1) is 0 Å². The fourth-order valence-corrected chi connectivity index (χ4v) is 5.36. The molecule has 7 nitrogen and oxygen atoms in total. The first-order valence-corrected chi connectivity index (χ1v) is 12.6. The van der Waals surface area contributed by atoms with E-state index < -0.39 is 0 Å². The Labute approximate surface area is 194 Å². The third-order valence-electron chi connectivity index (χ3n) is 6.39. The fourth-order valence-electron chi connectivity index (χ4n) is 4.66. The molecule has 1 fully saturated rings. The molecular formula is C24H33N5O2S. The molecule has 0 spiro atoms. The van der Waals surface area contributed by atoms with Gasteiger partial charge in [0.1, 0.15) is 5.82 Å². The van der Waals surface area contributed by atoms with Crippen LogP contribution >= 0.6 is 11.3 Å². The number of carbonyl (C=O) groups excluding carboxylic acids is 2. The van der Waals surface area contributed by atoms with E-state index in [2.05, 4.69) is 15.5 Å². The van der Waals surface area contributed by atoms with Crippen molar-refractivity contribution in [2.45, 2.75) is 76.3 Å². The zero-order valence-electron chi connectivity index (χ0n) is 19.0. The lowest BCUT2D eigenvalue weighted by Gasteiger charge is -2.30. The summed E-state index contributed by atoms with van der Waals surface area (Å²) in [6.07, 6.45) is 8.81. The molecule has 2 heterocycles. The molecule has 172 valence electrons. The van der Waals surface area contributed by atoms with Gasteiger partial charge < -0.3 is 15.5 Å². The molecule has 2 aliphatic carbocycles. The number of thiophene rings is 1. The minimum absolute atomic E-state index is 0.0278. The third-order valence-corrected chi connectivity index (χ3v) is 7.30. The second-order valence-corrected chi connectivity index (χ2v) is 10.0. The molecule has 0 saturated heterocycles. The smallest absolute Gasteiger partial charge is 0.225 e. The van der Waals surface area contributed by atoms with Crippen molar-refractivity contribution in [3.05, 3.63) is 33.6 Å². The van der Waals surface area contributed by atoms with E-state index in [4.69, 9.17) is 9.97 Å². The van der Waals surface area contributed by atoms with E-state index in [1.165, 1.54) is 35.4 Å². The SMILES string of the molecule is CN(C)c1nc(NC2CCC(NC(=O)CCC(=O)c3cccs3)CC2)nc2c1CCCC2. The molecule has 0 unspecified atom stereocenters. The van der Waals surface area contributed by atoms with Crippen LogP contribution in [-0.2, 0) is 17.6 Å². The van der Waals surface area contributed by atoms with Gasteiger partial charge in [0.25, 0.3) is 0 Å². The Balaban J connectivity index is 1.25. The Hall–Kier alpha value is -2.48. The number of hydrogen-bond acceptors (Lipinski definition) is 7. The zero-order valence-corrected chi connectivity index (χ0v) is 19.8. The summed E-state index contributed by atoms with van der Waals surface area (Å²) in [6.45, 7) is 0. The summed E-state index contributed by atoms with van der Waals surface area (Å²) in [6, 6.07) is 4.17. The molecule has 0 bridgehead atoms. The van der Waals surface area contributed by atoms with Crippen LogP contribution < -0.4 is 15.5 Å². The van der Waals surface area contributed by atoms with Gasteiger partial charge in [-0.1, -0.05) is 6.07 Å². The van der Waals surface area contributed by atoms with Crippen LogP contribution in [0.1, 0.15) is 72.3 Å². The number of anilines is 2. The lowest BCUT2D eigenvalue weighted by molar-refractivity contribution is -0.122. The number of nitrogens with zero attached hydrogens (tertiary/aromatic N) is 3. The minimum Gasteiger partial charge on any atom is -0.362 e. The predicted octanol–water partition coefficient (Wildman–Crippen LogP) is 3.99. The summed E-state index contributed by atoms with van der Waals surface area (Å²) in [4.78, 5) is 36.8. The summed E-state index contributed by atoms with van der Waals surface area (Å²) in [5, 5.41) is 8.55. The first-order chi connectivity index (χ1) is 15.5. The number of ketones is 1. The van der Waals surface area contributed by atoms with E-state index in [1.807, 2.05) is 31.6 Å². The Morgan fingerprint density at radius 3 is 2.53 bits per heavy atom. The maximum atomic E-state index is 12.3. The molecule has 8 heteroatoms. The van der Waals surface area contributed by atoms with Gasteiger partial charge in [-0.05, 0) is 62.8 Å². The molecule has 2 aromatic rings. The first-order valence-electron chi connectivity index (χ1n) is 11.7. The van der Waals surface area contributed by atoms with Gasteiger partial charge in [0, 0.05) is 44.6 Å². The second-order valence-electron chi connectivity index (χ2n) is 9.06. The number of aryl methyl sites for hydroxylation is 1. The standard InChI is InChI=1S/C24H33N5O2S/c1-29(2)23-18-6-3-4-7-19(18)27-24(28-23)26-17-11-9-16(10-12-17)25-22(31)14-13-20(30)21-8-5-15-32-21/h5,8,15-17H,3-4,6-7,9-14H2,1-2H3,(H,25,31)(H,26,27,28). The van der Waals surface area contributed by atoms with E-state index in [-0.39, 0.29) is 30.6 Å². The minimum atomic E-state index is -0.0278. The summed E-state index contributed by atoms with van der Waals surface area (Å²) >= 11 is 1.43. The molecule has 1 saturated carbocycles. The van der Waals surface area contributed by atoms with Crippen molar-refractivity contribution < 1.29 is 9.59 Å². The summed E-state index contributed by atoms with van der Waals surface area (Å²) in [5.41, 5.74) is 2.49. The van der Waals surface area contributed by atoms with Crippen LogP contribution in [0.5, 0.6) is 0 Å². The monoisotopic (exact) mass is 455 g/mol. The Morgan fingerprint density at radius 2 is 1.81 bits per heavy atom. The maximum Gasteiger partial charge on any atom is 0.225 e. The molecule has 0 atom stereocenters. The largest absolute Gasteiger partial charge is 0.362 e. The van der Waals surface area contributed by atoms with E-state index in [0.29, 0.717) is 6.04 Å². The van der Waals surface area contributed by atoms with Crippen molar-refractivity contribution in [2.24, 2.45) is 0 Å². The molecule has 2 aromatic heterocycles. The van der Waals surface area contributed by atoms with Gasteiger partial charge >= 0.3 is 0 Å². The average Bonchev–Trinajstić information content (AvgIpc) is 3.33. The molecule has 0 radical (unpaired) electrons. The van der Waals surface area contributed by atoms with Gasteiger partial charge in [-0.3, -0.25) is 9.59 Å². The first kappa shape index (κ1) is 22.7. The topological polar surface area (TPSA) is 87.2 Å². The van der Waals surface area contributed by atoms with E-state index in [9.17, 15) is 9.59 Å². The van der Waals surface area contributed by atoms with Crippen molar-refractivity contribution in [1.82, 2.24) is 15.3 Å². The van der Waals surface area contributed by atoms with Crippen LogP contribution in [0.25, 0.3) is 0 Å². The van der Waals surface area contributed by atoms with Gasteiger partial charge in [-0.2, -0.15) is 4.98 Å². The summed E-state index contributed by atoms with van der Waals surface area (Å²) in [7, 11) is 4.09. The average molecular weight is 456 g/mol. The quantitative estimate of drug-likeness (QED) is 0.586. The highest BCUT2D eigenvalue weighted by Gasteiger charge is 2.25. The molecule has 2 N–H and O–H groups in total. The Kier molecular flexibility index (Phi) is 7.40. The van der Waals surface area contributed by atoms with Crippen LogP contribution in [0.3, 0.4) is 0 Å². The van der Waals surface area contributed by atoms with Crippen molar-refractivity contribution >= 4 is 34.8 Å². The number of amides is 1. The van der Waals surface area contributed by atoms with Crippen molar-refractivity contribution in [2.75, 3.05) is 24.3 Å². The van der Waals surface area contributed by atoms with Crippen LogP contribution in [0.15, 0.2) is 17.5 Å². The van der Waals surface area contributed by atoms with Crippen molar-refractivity contribution in [3.8, 4) is 0 Å². The lowest BCUT2D eigenvalue weighted by Crippen LogP contribution is -2.40. The Morgan fingerprint density at radius 1 is 1.06 bits per heavy atom. The molecule has 1 amide bonds. The Bertz CT molecular complexity index is 936. The van der Waals surface area contributed by atoms with Gasteiger partial charge in [-0.25, -0.2) is 4.98 Å². The molecule has 0 aromatic carbocycles. The van der Waals surface area contributed by atoms with Crippen molar-refractivity contribution in [1.29, 1.82) is 0 Å². The number of Topliss-reactive ketones (excluding diaryl/α,β-unsaturated/α-hetero) is 1. The third kappa shape index (κ3) is 5.65. The van der Waals surface area contributed by atoms with E-state index in [1.54, 1.807) is 0 Å². The molecule has 32 heavy (non-hydrogen) atoms. The zero-order chi connectivity index (χ0) is 22.5. The highest BCUT2D eigenvalue weighted by Crippen LogP contribution is 2.29. The molecular weight excluding hydrogens is 422 g/mol. The van der Waals surface area contributed by atoms with Gasteiger partial charge in [0.05, 0.1) is 10.6 Å². The van der Waals surface area contributed by atoms with Crippen LogP contribution in [0.4, 0.5) is 11.8 Å². The number of hydrogen-bond donors (Lipinski definition) is 2. The molecule has 0 aliphatic heterocycles. The highest BCUT2D eigenvalue weighted by atomic mass is 32.1. The number of carbonyl (C=O) groups is 2. The molecule has 4 rings (SSSR count). The second kappa shape index (κ2) is 10.4. The van der Waals surface area contributed by atoms with E-state index in [0.717, 1.165) is 55.2 Å². The van der Waals surface area contributed by atoms with Gasteiger partial charge in [-0.15, -0.1) is 11.3 Å². The van der Waals surface area contributed by atoms with Crippen LogP contribution in [0.2, 0.25) is 0 Å². The van der Waals surface area contributed by atoms with Crippen molar-refractivity contribution in [3.63, 3.8) is 0 Å². The lowest BCUT2D eigenvalue weighted by atomic mass is 9.91. The fraction of sp³-hybridized carbons (Fsp3) is 0.583. The molecule has 2 aliphatic rings. The number of nitrogens with one attached hydrogen (secondary N) is 2. The highest BCUT2D eigenvalue weighted by molar-refractivity contribution is 7.12. The van der Waals surface area contributed by atoms with Crippen LogP contribution in [-0.4, -0.2) is 47.8 Å². The van der Waals surface area contributed by atoms with E-state index >= 15 is 0 Å². The summed E-state index contributed by atoms with van der Waals surface area (Å²) in [5.74, 6) is 1.79. The number of aromatic nitrogens is 2. The summed E-state index contributed by atoms with van der Waals surface area (Å²) < 4.78 is 0. The number of fused-ring (bicyclic) bond motifs is 1. The van der Waals surface area contributed by atoms with Gasteiger partial charge in [0.15, 0.2) is 5.78 Å². The predicted molar refractivity (Wildman–Crippen MR) is 129 cm³/mol. The normalized spacial score (nSPS) is 20.3. The number of rotatable bonds is 8. The maximum absolute atomic E-state index is 12.3. The van der Waals surface area contributed by atoms with Gasteiger partial charge in [0.2, 0.25) is 11.9 Å².